The monoisotopic (exact) mass is 608 g/mol. The normalized spacial score (nSPS) is 23.0. The van der Waals surface area contributed by atoms with Gasteiger partial charge < -0.3 is 24.4 Å². The Bertz CT molecular complexity index is 1070. The Kier molecular flexibility index (Phi) is 14.6. The molecule has 0 aliphatic carbocycles. The maximum Gasteiger partial charge on any atom is 0.349 e. The van der Waals surface area contributed by atoms with Gasteiger partial charge in [0.1, 0.15) is 5.60 Å². The van der Waals surface area contributed by atoms with Crippen LogP contribution >= 0.6 is 0 Å². The van der Waals surface area contributed by atoms with Crippen LogP contribution in [0.2, 0.25) is 0 Å². The number of hydrogen-bond acceptors (Lipinski definition) is 8. The van der Waals surface area contributed by atoms with Gasteiger partial charge >= 0.3 is 29.8 Å². The number of ether oxygens (including phenoxy) is 3. The molecule has 1 fully saturated rings. The number of cyclic esters (lactones) is 1. The highest BCUT2D eigenvalue weighted by Gasteiger charge is 2.55. The van der Waals surface area contributed by atoms with E-state index in [4.69, 9.17) is 9.47 Å². The van der Waals surface area contributed by atoms with Crippen LogP contribution in [0.5, 0.6) is 0 Å². The van der Waals surface area contributed by atoms with Crippen LogP contribution in [-0.4, -0.2) is 57.9 Å². The minimum Gasteiger partial charge on any atom is -0.481 e. The Morgan fingerprint density at radius 3 is 2.00 bits per heavy atom. The number of carboxylic acid groups (broad SMARTS) is 2. The molecule has 0 aromatic heterocycles. The molecule has 1 saturated heterocycles. The van der Waals surface area contributed by atoms with Gasteiger partial charge in [-0.25, -0.2) is 14.4 Å². The van der Waals surface area contributed by atoms with Gasteiger partial charge in [-0.15, -0.1) is 0 Å². The lowest BCUT2D eigenvalue weighted by atomic mass is 9.84. The molecular weight excluding hydrogens is 556 g/mol. The molecule has 0 bridgehead atoms. The van der Waals surface area contributed by atoms with Crippen LogP contribution in [0.25, 0.3) is 0 Å². The summed E-state index contributed by atoms with van der Waals surface area (Å²) >= 11 is 0. The van der Waals surface area contributed by atoms with Gasteiger partial charge in [0.2, 0.25) is 12.2 Å². The van der Waals surface area contributed by atoms with E-state index < -0.39 is 59.5 Å². The fourth-order valence-electron chi connectivity index (χ4n) is 5.56. The van der Waals surface area contributed by atoms with E-state index in [-0.39, 0.29) is 17.9 Å². The number of esters is 3. The second kappa shape index (κ2) is 16.6. The lowest BCUT2D eigenvalue weighted by Crippen LogP contribution is -2.40. The largest absolute Gasteiger partial charge is 0.481 e. The van der Waals surface area contributed by atoms with Crippen LogP contribution in [0.1, 0.15) is 101 Å². The van der Waals surface area contributed by atoms with Gasteiger partial charge in [-0.1, -0.05) is 59.6 Å². The number of carbonyl (C=O) groups excluding carboxylic acids is 3. The summed E-state index contributed by atoms with van der Waals surface area (Å²) in [4.78, 5) is 61.2. The first-order valence-electron chi connectivity index (χ1n) is 15.2. The summed E-state index contributed by atoms with van der Waals surface area (Å²) in [6.45, 7) is 19.7. The standard InChI is InChI=1S/C33H52O10/c1-11-18(2)12-19(3)13-20(4)14-21(5)15-22(6)16-24(31(39)43-33(8,9)10)17-23(7)30(38)42-27-25(28(34)35)26(29(36)37)41-32(27)40/h15-16,18-21,23,25-27H,11-14,17H2,1-10H3,(H,34,35)(H,36,37). The molecule has 2 N–H and O–H groups in total. The first-order valence-corrected chi connectivity index (χ1v) is 15.2. The van der Waals surface area contributed by atoms with E-state index in [1.54, 1.807) is 26.8 Å². The Hall–Kier alpha value is -3.17. The van der Waals surface area contributed by atoms with Crippen molar-refractivity contribution in [3.63, 3.8) is 0 Å². The van der Waals surface area contributed by atoms with Gasteiger partial charge in [0.05, 0.1) is 5.92 Å². The number of aliphatic carboxylic acids is 2. The Labute approximate surface area is 256 Å². The van der Waals surface area contributed by atoms with E-state index in [9.17, 15) is 34.2 Å². The van der Waals surface area contributed by atoms with Crippen molar-refractivity contribution >= 4 is 29.8 Å². The second-order valence-corrected chi connectivity index (χ2v) is 13.5. The fraction of sp³-hybridized carbons (Fsp3) is 0.727. The van der Waals surface area contributed by atoms with E-state index in [1.807, 2.05) is 6.92 Å². The third-order valence-corrected chi connectivity index (χ3v) is 7.52. The zero-order valence-electron chi connectivity index (χ0n) is 27.5. The average molecular weight is 609 g/mol. The first-order chi connectivity index (χ1) is 19.7. The summed E-state index contributed by atoms with van der Waals surface area (Å²) in [7, 11) is 0. The van der Waals surface area contributed by atoms with Crippen LogP contribution in [0, 0.1) is 35.5 Å². The molecule has 244 valence electrons. The molecule has 1 rings (SSSR count). The van der Waals surface area contributed by atoms with Crippen molar-refractivity contribution in [3.05, 3.63) is 23.3 Å². The van der Waals surface area contributed by atoms with E-state index >= 15 is 0 Å². The van der Waals surface area contributed by atoms with Crippen molar-refractivity contribution in [1.29, 1.82) is 0 Å². The molecule has 1 heterocycles. The molecular formula is C33H52O10. The summed E-state index contributed by atoms with van der Waals surface area (Å²) in [6.07, 6.45) is 4.28. The number of carboxylic acids is 2. The molecule has 0 aromatic carbocycles. The summed E-state index contributed by atoms with van der Waals surface area (Å²) < 4.78 is 15.4. The molecule has 10 nitrogen and oxygen atoms in total. The number of hydrogen-bond donors (Lipinski definition) is 2. The van der Waals surface area contributed by atoms with E-state index in [1.165, 1.54) is 19.8 Å². The first kappa shape index (κ1) is 37.9. The summed E-state index contributed by atoms with van der Waals surface area (Å²) in [5.41, 5.74) is 0.242. The summed E-state index contributed by atoms with van der Waals surface area (Å²) in [5, 5.41) is 18.7. The van der Waals surface area contributed by atoms with Crippen molar-refractivity contribution in [2.75, 3.05) is 0 Å². The van der Waals surface area contributed by atoms with Gasteiger partial charge in [-0.2, -0.15) is 0 Å². The highest BCUT2D eigenvalue weighted by Crippen LogP contribution is 2.29. The van der Waals surface area contributed by atoms with Gasteiger partial charge in [0, 0.05) is 5.57 Å². The molecule has 0 spiro atoms. The van der Waals surface area contributed by atoms with Crippen LogP contribution in [0.4, 0.5) is 0 Å². The SMILES string of the molecule is CCC(C)CC(C)CC(C)CC(C)C=C(C)C=C(CC(C)C(=O)OC1C(=O)OC(C(=O)O)C1C(=O)O)C(=O)OC(C)(C)C. The maximum absolute atomic E-state index is 13.1. The van der Waals surface area contributed by atoms with Crippen LogP contribution in [0.3, 0.4) is 0 Å². The quantitative estimate of drug-likeness (QED) is 0.0926. The van der Waals surface area contributed by atoms with E-state index in [2.05, 4.69) is 45.4 Å². The second-order valence-electron chi connectivity index (χ2n) is 13.5. The minimum absolute atomic E-state index is 0.112. The van der Waals surface area contributed by atoms with Crippen molar-refractivity contribution < 1.29 is 48.4 Å². The number of carbonyl (C=O) groups is 5. The maximum atomic E-state index is 13.1. The van der Waals surface area contributed by atoms with Crippen molar-refractivity contribution in [1.82, 2.24) is 0 Å². The molecule has 8 atom stereocenters. The third-order valence-electron chi connectivity index (χ3n) is 7.52. The number of allylic oxidation sites excluding steroid dienone is 3. The third kappa shape index (κ3) is 12.9. The van der Waals surface area contributed by atoms with Crippen molar-refractivity contribution in [3.8, 4) is 0 Å². The molecule has 1 aliphatic rings. The Balaban J connectivity index is 3.07. The minimum atomic E-state index is -1.98. The zero-order valence-corrected chi connectivity index (χ0v) is 27.5. The van der Waals surface area contributed by atoms with Gasteiger partial charge in [0.25, 0.3) is 0 Å². The lowest BCUT2D eigenvalue weighted by molar-refractivity contribution is -0.166. The Morgan fingerprint density at radius 2 is 1.49 bits per heavy atom. The van der Waals surface area contributed by atoms with Crippen LogP contribution < -0.4 is 0 Å². The number of rotatable bonds is 16. The predicted octanol–water partition coefficient (Wildman–Crippen LogP) is 5.97. The van der Waals surface area contributed by atoms with Crippen molar-refractivity contribution in [2.45, 2.75) is 119 Å². The molecule has 8 unspecified atom stereocenters. The molecule has 0 aromatic rings. The summed E-state index contributed by atoms with van der Waals surface area (Å²) in [6, 6.07) is 0. The highest BCUT2D eigenvalue weighted by molar-refractivity contribution is 5.95. The topological polar surface area (TPSA) is 154 Å². The molecule has 0 amide bonds. The van der Waals surface area contributed by atoms with Crippen molar-refractivity contribution in [2.24, 2.45) is 35.5 Å². The fourth-order valence-corrected chi connectivity index (χ4v) is 5.56. The summed E-state index contributed by atoms with van der Waals surface area (Å²) in [5.74, 6) is -6.89. The van der Waals surface area contributed by atoms with Gasteiger partial charge in [-0.3, -0.25) is 9.59 Å². The van der Waals surface area contributed by atoms with Gasteiger partial charge in [-0.05, 0) is 83.1 Å². The molecule has 0 saturated carbocycles. The average Bonchev–Trinajstić information content (AvgIpc) is 3.18. The predicted molar refractivity (Wildman–Crippen MR) is 161 cm³/mol. The van der Waals surface area contributed by atoms with Crippen LogP contribution in [0.15, 0.2) is 23.3 Å². The zero-order chi connectivity index (χ0) is 33.2. The molecule has 0 radical (unpaired) electrons. The van der Waals surface area contributed by atoms with E-state index in [0.29, 0.717) is 17.8 Å². The highest BCUT2D eigenvalue weighted by atomic mass is 16.6. The van der Waals surface area contributed by atoms with Gasteiger partial charge in [0.15, 0.2) is 5.92 Å². The smallest absolute Gasteiger partial charge is 0.349 e. The van der Waals surface area contributed by atoms with E-state index in [0.717, 1.165) is 18.4 Å². The van der Waals surface area contributed by atoms with Crippen LogP contribution in [-0.2, 0) is 38.2 Å². The lowest BCUT2D eigenvalue weighted by Gasteiger charge is -2.23. The molecule has 10 heteroatoms. The Morgan fingerprint density at radius 1 is 0.930 bits per heavy atom. The molecule has 43 heavy (non-hydrogen) atoms. The molecule has 1 aliphatic heterocycles.